The van der Waals surface area contributed by atoms with Crippen LogP contribution in [0.1, 0.15) is 30.6 Å². The van der Waals surface area contributed by atoms with Crippen LogP contribution in [-0.4, -0.2) is 50.9 Å². The van der Waals surface area contributed by atoms with E-state index in [9.17, 15) is 8.42 Å². The van der Waals surface area contributed by atoms with Crippen LogP contribution in [0.5, 0.6) is 0 Å². The van der Waals surface area contributed by atoms with Crippen LogP contribution >= 0.6 is 11.3 Å². The largest absolute Gasteiger partial charge is 0.369 e. The van der Waals surface area contributed by atoms with Crippen molar-refractivity contribution in [2.75, 3.05) is 25.9 Å². The van der Waals surface area contributed by atoms with Crippen molar-refractivity contribution in [3.05, 3.63) is 22.4 Å². The number of likely N-dealkylation sites (tertiary alicyclic amines) is 1. The maximum atomic E-state index is 11.2. The Morgan fingerprint density at radius 1 is 1.50 bits per heavy atom. The third-order valence-electron chi connectivity index (χ3n) is 4.50. The van der Waals surface area contributed by atoms with Crippen LogP contribution in [0.25, 0.3) is 0 Å². The molecule has 1 aromatic heterocycles. The molecule has 0 unspecified atom stereocenters. The zero-order chi connectivity index (χ0) is 15.6. The Balaban J connectivity index is 1.55. The fraction of sp³-hybridized carbons (Fsp3) is 0.733. The molecule has 2 fully saturated rings. The molecule has 0 amide bonds. The molecule has 2 atom stereocenters. The van der Waals surface area contributed by atoms with E-state index >= 15 is 0 Å². The minimum atomic E-state index is -3.14. The Morgan fingerprint density at radius 3 is 3.09 bits per heavy atom. The van der Waals surface area contributed by atoms with Crippen molar-refractivity contribution >= 4 is 21.4 Å². The smallest absolute Gasteiger partial charge is 0.208 e. The summed E-state index contributed by atoms with van der Waals surface area (Å²) in [5.41, 5.74) is -0.0701. The van der Waals surface area contributed by atoms with Crippen molar-refractivity contribution in [3.63, 3.8) is 0 Å². The number of hydrogen-bond donors (Lipinski definition) is 1. The summed E-state index contributed by atoms with van der Waals surface area (Å²) in [6.45, 7) is 3.41. The SMILES string of the molecule is CS(=O)(=O)NC[C@@H]1CCC[C@]2(CCN(Cc3cccs3)C2)O1. The standard InChI is InChI=1S/C15H24N2O3S2/c1-22(18,19)16-10-13-4-2-6-15(20-13)7-8-17(12-15)11-14-5-3-9-21-14/h3,5,9,13,16H,2,4,6-8,10-12H2,1H3/t13-,15+/m0/s1. The topological polar surface area (TPSA) is 58.6 Å². The van der Waals surface area contributed by atoms with Crippen molar-refractivity contribution in [3.8, 4) is 0 Å². The highest BCUT2D eigenvalue weighted by atomic mass is 32.2. The maximum absolute atomic E-state index is 11.2. The predicted octanol–water partition coefficient (Wildman–Crippen LogP) is 1.81. The van der Waals surface area contributed by atoms with Crippen molar-refractivity contribution in [1.82, 2.24) is 9.62 Å². The number of nitrogens with one attached hydrogen (secondary N) is 1. The Kier molecular flexibility index (Phi) is 4.89. The van der Waals surface area contributed by atoms with Gasteiger partial charge in [0, 0.05) is 31.1 Å². The van der Waals surface area contributed by atoms with Crippen LogP contribution in [0, 0.1) is 0 Å². The van der Waals surface area contributed by atoms with Crippen molar-refractivity contribution < 1.29 is 13.2 Å². The zero-order valence-electron chi connectivity index (χ0n) is 13.0. The minimum Gasteiger partial charge on any atom is -0.369 e. The first-order chi connectivity index (χ1) is 10.4. The number of sulfonamides is 1. The molecule has 0 bridgehead atoms. The van der Waals surface area contributed by atoms with Gasteiger partial charge < -0.3 is 4.74 Å². The first kappa shape index (κ1) is 16.4. The molecule has 0 aromatic carbocycles. The first-order valence-corrected chi connectivity index (χ1v) is 10.6. The summed E-state index contributed by atoms with van der Waals surface area (Å²) in [7, 11) is -3.14. The van der Waals surface area contributed by atoms with Crippen LogP contribution in [0.3, 0.4) is 0 Å². The molecule has 0 radical (unpaired) electrons. The molecular weight excluding hydrogens is 320 g/mol. The lowest BCUT2D eigenvalue weighted by molar-refractivity contribution is -0.118. The summed E-state index contributed by atoms with van der Waals surface area (Å²) < 4.78 is 31.4. The summed E-state index contributed by atoms with van der Waals surface area (Å²) in [4.78, 5) is 3.85. The summed E-state index contributed by atoms with van der Waals surface area (Å²) in [5.74, 6) is 0. The van der Waals surface area contributed by atoms with E-state index in [1.54, 1.807) is 11.3 Å². The molecular formula is C15H24N2O3S2. The van der Waals surface area contributed by atoms with Gasteiger partial charge in [-0.1, -0.05) is 6.07 Å². The van der Waals surface area contributed by atoms with Crippen LogP contribution in [0.2, 0.25) is 0 Å². The third kappa shape index (κ3) is 4.29. The Bertz CT molecular complexity index is 588. The molecule has 1 N–H and O–H groups in total. The number of hydrogen-bond acceptors (Lipinski definition) is 5. The molecule has 22 heavy (non-hydrogen) atoms. The molecule has 2 saturated heterocycles. The number of thiophene rings is 1. The van der Waals surface area contributed by atoms with Crippen molar-refractivity contribution in [2.24, 2.45) is 0 Å². The van der Waals surface area contributed by atoms with Gasteiger partial charge in [0.25, 0.3) is 0 Å². The summed E-state index contributed by atoms with van der Waals surface area (Å²) >= 11 is 1.80. The van der Waals surface area contributed by atoms with E-state index in [0.717, 1.165) is 45.3 Å². The predicted molar refractivity (Wildman–Crippen MR) is 88.5 cm³/mol. The van der Waals surface area contributed by atoms with Crippen LogP contribution in [-0.2, 0) is 21.3 Å². The molecule has 124 valence electrons. The monoisotopic (exact) mass is 344 g/mol. The van der Waals surface area contributed by atoms with Crippen LogP contribution in [0.15, 0.2) is 17.5 Å². The second kappa shape index (κ2) is 6.57. The van der Waals surface area contributed by atoms with Gasteiger partial charge in [-0.2, -0.15) is 0 Å². The minimum absolute atomic E-state index is 0.00478. The molecule has 7 heteroatoms. The second-order valence-corrected chi connectivity index (χ2v) is 9.34. The van der Waals surface area contributed by atoms with Gasteiger partial charge in [0.15, 0.2) is 0 Å². The zero-order valence-corrected chi connectivity index (χ0v) is 14.6. The fourth-order valence-electron chi connectivity index (χ4n) is 3.50. The highest BCUT2D eigenvalue weighted by Gasteiger charge is 2.42. The van der Waals surface area contributed by atoms with Gasteiger partial charge in [0.1, 0.15) is 0 Å². The van der Waals surface area contributed by atoms with E-state index in [1.807, 2.05) is 0 Å². The molecule has 3 rings (SSSR count). The Labute approximate surface area is 136 Å². The average molecular weight is 345 g/mol. The average Bonchev–Trinajstić information content (AvgIpc) is 3.08. The number of ether oxygens (including phenoxy) is 1. The van der Waals surface area contributed by atoms with Gasteiger partial charge in [0.2, 0.25) is 10.0 Å². The highest BCUT2D eigenvalue weighted by molar-refractivity contribution is 7.88. The Hall–Kier alpha value is -0.470. The maximum Gasteiger partial charge on any atom is 0.208 e. The van der Waals surface area contributed by atoms with Crippen molar-refractivity contribution in [1.29, 1.82) is 0 Å². The third-order valence-corrected chi connectivity index (χ3v) is 6.06. The van der Waals surface area contributed by atoms with E-state index in [0.29, 0.717) is 6.54 Å². The van der Waals surface area contributed by atoms with Gasteiger partial charge in [-0.15, -0.1) is 11.3 Å². The van der Waals surface area contributed by atoms with Gasteiger partial charge in [-0.3, -0.25) is 4.90 Å². The normalized spacial score (nSPS) is 30.1. The van der Waals surface area contributed by atoms with E-state index < -0.39 is 10.0 Å². The van der Waals surface area contributed by atoms with E-state index in [1.165, 1.54) is 11.1 Å². The molecule has 5 nitrogen and oxygen atoms in total. The molecule has 0 aliphatic carbocycles. The van der Waals surface area contributed by atoms with Gasteiger partial charge in [0.05, 0.1) is 18.0 Å². The molecule has 1 aromatic rings. The summed E-state index contributed by atoms with van der Waals surface area (Å²) in [5, 5.41) is 2.12. The summed E-state index contributed by atoms with van der Waals surface area (Å²) in [6, 6.07) is 4.27. The number of rotatable bonds is 5. The van der Waals surface area contributed by atoms with Crippen LogP contribution in [0.4, 0.5) is 0 Å². The quantitative estimate of drug-likeness (QED) is 0.885. The van der Waals surface area contributed by atoms with Gasteiger partial charge >= 0.3 is 0 Å². The molecule has 2 aliphatic rings. The Morgan fingerprint density at radius 2 is 2.36 bits per heavy atom. The second-order valence-electron chi connectivity index (χ2n) is 6.48. The lowest BCUT2D eigenvalue weighted by Gasteiger charge is -2.38. The molecule has 1 spiro atoms. The molecule has 0 saturated carbocycles. The first-order valence-electron chi connectivity index (χ1n) is 7.81. The van der Waals surface area contributed by atoms with Crippen LogP contribution < -0.4 is 4.72 Å². The fourth-order valence-corrected chi connectivity index (χ4v) is 4.73. The van der Waals surface area contributed by atoms with Gasteiger partial charge in [-0.05, 0) is 37.1 Å². The van der Waals surface area contributed by atoms with Gasteiger partial charge in [-0.25, -0.2) is 13.1 Å². The van der Waals surface area contributed by atoms with Crippen molar-refractivity contribution in [2.45, 2.75) is 43.9 Å². The van der Waals surface area contributed by atoms with E-state index in [-0.39, 0.29) is 11.7 Å². The molecule has 3 heterocycles. The lowest BCUT2D eigenvalue weighted by Crippen LogP contribution is -2.46. The van der Waals surface area contributed by atoms with E-state index in [2.05, 4.69) is 27.1 Å². The molecule has 2 aliphatic heterocycles. The summed E-state index contributed by atoms with van der Waals surface area (Å²) in [6.07, 6.45) is 5.39. The van der Waals surface area contributed by atoms with E-state index in [4.69, 9.17) is 4.74 Å². The highest BCUT2D eigenvalue weighted by Crippen LogP contribution is 2.37. The number of nitrogens with zero attached hydrogens (tertiary/aromatic N) is 1. The lowest BCUT2D eigenvalue weighted by atomic mass is 9.90.